The van der Waals surface area contributed by atoms with Crippen molar-refractivity contribution in [3.05, 3.63) is 0 Å². The van der Waals surface area contributed by atoms with E-state index in [0.717, 1.165) is 25.9 Å². The molecule has 4 nitrogen and oxygen atoms in total. The number of hydrogen-bond acceptors (Lipinski definition) is 3. The first-order valence-corrected chi connectivity index (χ1v) is 5.95. The molecule has 16 heavy (non-hydrogen) atoms. The van der Waals surface area contributed by atoms with Gasteiger partial charge in [0.15, 0.2) is 0 Å². The standard InChI is InChI=1S/C12H21NO3/c1-11(2,3)16-10(15)13-5-4-12(8-13)6-9(12)7-14/h9,14H,4-8H2,1-3H3/t9-,12+/m0/s1. The molecule has 1 N–H and O–H groups in total. The fourth-order valence-corrected chi connectivity index (χ4v) is 2.57. The van der Waals surface area contributed by atoms with E-state index in [4.69, 9.17) is 9.84 Å². The number of hydrogen-bond donors (Lipinski definition) is 1. The molecule has 1 saturated heterocycles. The van der Waals surface area contributed by atoms with Gasteiger partial charge < -0.3 is 14.7 Å². The van der Waals surface area contributed by atoms with Gasteiger partial charge in [0.25, 0.3) is 0 Å². The van der Waals surface area contributed by atoms with Crippen LogP contribution in [0.15, 0.2) is 0 Å². The smallest absolute Gasteiger partial charge is 0.410 e. The maximum atomic E-state index is 11.8. The third-order valence-electron chi connectivity index (χ3n) is 3.62. The lowest BCUT2D eigenvalue weighted by molar-refractivity contribution is 0.0283. The topological polar surface area (TPSA) is 49.8 Å². The second-order valence-corrected chi connectivity index (χ2v) is 6.10. The highest BCUT2D eigenvalue weighted by molar-refractivity contribution is 5.68. The van der Waals surface area contributed by atoms with Crippen molar-refractivity contribution >= 4 is 6.09 Å². The highest BCUT2D eigenvalue weighted by Gasteiger charge is 2.57. The first-order valence-electron chi connectivity index (χ1n) is 5.95. The maximum absolute atomic E-state index is 11.8. The number of amides is 1. The van der Waals surface area contributed by atoms with Crippen LogP contribution in [0.25, 0.3) is 0 Å². The minimum atomic E-state index is -0.424. The summed E-state index contributed by atoms with van der Waals surface area (Å²) in [5.74, 6) is 0.403. The van der Waals surface area contributed by atoms with Crippen LogP contribution in [0.4, 0.5) is 4.79 Å². The van der Waals surface area contributed by atoms with Crippen LogP contribution in [0.5, 0.6) is 0 Å². The molecule has 2 atom stereocenters. The van der Waals surface area contributed by atoms with Gasteiger partial charge in [0.1, 0.15) is 5.60 Å². The Labute approximate surface area is 96.6 Å². The molecule has 1 amide bonds. The molecular formula is C12H21NO3. The molecule has 1 heterocycles. The molecule has 0 radical (unpaired) electrons. The Bertz CT molecular complexity index is 297. The van der Waals surface area contributed by atoms with Crippen molar-refractivity contribution in [2.24, 2.45) is 11.3 Å². The van der Waals surface area contributed by atoms with Gasteiger partial charge in [-0.05, 0) is 44.9 Å². The van der Waals surface area contributed by atoms with Crippen LogP contribution in [0.3, 0.4) is 0 Å². The third kappa shape index (κ3) is 2.17. The van der Waals surface area contributed by atoms with Crippen LogP contribution in [0.1, 0.15) is 33.6 Å². The van der Waals surface area contributed by atoms with E-state index >= 15 is 0 Å². The largest absolute Gasteiger partial charge is 0.444 e. The lowest BCUT2D eigenvalue weighted by atomic mass is 10.0. The molecule has 0 aromatic rings. The average molecular weight is 227 g/mol. The second-order valence-electron chi connectivity index (χ2n) is 6.10. The van der Waals surface area contributed by atoms with Gasteiger partial charge in [-0.1, -0.05) is 0 Å². The Morgan fingerprint density at radius 1 is 1.56 bits per heavy atom. The monoisotopic (exact) mass is 227 g/mol. The number of ether oxygens (including phenoxy) is 1. The van der Waals surface area contributed by atoms with E-state index in [2.05, 4.69) is 0 Å². The SMILES string of the molecule is CC(C)(C)OC(=O)N1CC[C@@]2(C[C@H]2CO)C1. The van der Waals surface area contributed by atoms with E-state index < -0.39 is 5.60 Å². The van der Waals surface area contributed by atoms with Gasteiger partial charge in [-0.2, -0.15) is 0 Å². The van der Waals surface area contributed by atoms with E-state index in [1.54, 1.807) is 4.90 Å². The molecule has 0 unspecified atom stereocenters. The molecule has 2 rings (SSSR count). The normalized spacial score (nSPS) is 33.2. The summed E-state index contributed by atoms with van der Waals surface area (Å²) in [6, 6.07) is 0. The van der Waals surface area contributed by atoms with E-state index in [-0.39, 0.29) is 18.1 Å². The van der Waals surface area contributed by atoms with Gasteiger partial charge in [0.05, 0.1) is 0 Å². The molecule has 1 aliphatic carbocycles. The first-order chi connectivity index (χ1) is 7.36. The Balaban J connectivity index is 1.88. The predicted octanol–water partition coefficient (Wildman–Crippen LogP) is 1.63. The summed E-state index contributed by atoms with van der Waals surface area (Å²) in [6.45, 7) is 7.42. The molecule has 2 aliphatic rings. The van der Waals surface area contributed by atoms with Crippen molar-refractivity contribution in [2.75, 3.05) is 19.7 Å². The van der Waals surface area contributed by atoms with E-state index in [1.165, 1.54) is 0 Å². The lowest BCUT2D eigenvalue weighted by Gasteiger charge is -2.24. The van der Waals surface area contributed by atoms with Crippen molar-refractivity contribution in [3.63, 3.8) is 0 Å². The highest BCUT2D eigenvalue weighted by atomic mass is 16.6. The van der Waals surface area contributed by atoms with Crippen LogP contribution in [0, 0.1) is 11.3 Å². The summed E-state index contributed by atoms with van der Waals surface area (Å²) in [7, 11) is 0. The number of aliphatic hydroxyl groups excluding tert-OH is 1. The molecule has 0 aromatic heterocycles. The van der Waals surface area contributed by atoms with Crippen LogP contribution in [0.2, 0.25) is 0 Å². The molecule has 1 spiro atoms. The Morgan fingerprint density at radius 2 is 2.25 bits per heavy atom. The number of rotatable bonds is 1. The summed E-state index contributed by atoms with van der Waals surface area (Å²) in [5.41, 5.74) is -0.210. The minimum Gasteiger partial charge on any atom is -0.444 e. The van der Waals surface area contributed by atoms with Crippen molar-refractivity contribution in [1.82, 2.24) is 4.90 Å². The quantitative estimate of drug-likeness (QED) is 0.740. The Hall–Kier alpha value is -0.770. The summed E-state index contributed by atoms with van der Waals surface area (Å²) >= 11 is 0. The van der Waals surface area contributed by atoms with Gasteiger partial charge in [-0.3, -0.25) is 0 Å². The molecule has 92 valence electrons. The van der Waals surface area contributed by atoms with Crippen molar-refractivity contribution in [3.8, 4) is 0 Å². The van der Waals surface area contributed by atoms with Crippen molar-refractivity contribution in [2.45, 2.75) is 39.2 Å². The van der Waals surface area contributed by atoms with Crippen LogP contribution in [-0.4, -0.2) is 41.4 Å². The summed E-state index contributed by atoms with van der Waals surface area (Å²) in [4.78, 5) is 13.6. The fraction of sp³-hybridized carbons (Fsp3) is 0.917. The van der Waals surface area contributed by atoms with Gasteiger partial charge in [0, 0.05) is 19.7 Å². The second kappa shape index (κ2) is 3.62. The van der Waals surface area contributed by atoms with Gasteiger partial charge in [0.2, 0.25) is 0 Å². The maximum Gasteiger partial charge on any atom is 0.410 e. The van der Waals surface area contributed by atoms with Crippen molar-refractivity contribution < 1.29 is 14.6 Å². The highest BCUT2D eigenvalue weighted by Crippen LogP contribution is 2.58. The summed E-state index contributed by atoms with van der Waals surface area (Å²) < 4.78 is 5.34. The zero-order chi connectivity index (χ0) is 12.0. The molecule has 1 aliphatic heterocycles. The van der Waals surface area contributed by atoms with Gasteiger partial charge in [-0.25, -0.2) is 4.79 Å². The van der Waals surface area contributed by atoms with Crippen LogP contribution >= 0.6 is 0 Å². The van der Waals surface area contributed by atoms with Gasteiger partial charge >= 0.3 is 6.09 Å². The predicted molar refractivity (Wildman–Crippen MR) is 60.0 cm³/mol. The van der Waals surface area contributed by atoms with Gasteiger partial charge in [-0.15, -0.1) is 0 Å². The van der Waals surface area contributed by atoms with Crippen LogP contribution in [-0.2, 0) is 4.74 Å². The molecular weight excluding hydrogens is 206 g/mol. The minimum absolute atomic E-state index is 0.214. The molecule has 1 saturated carbocycles. The van der Waals surface area contributed by atoms with E-state index in [1.807, 2.05) is 20.8 Å². The molecule has 0 bridgehead atoms. The third-order valence-corrected chi connectivity index (χ3v) is 3.62. The summed E-state index contributed by atoms with van der Waals surface area (Å²) in [6.07, 6.45) is 1.85. The number of aliphatic hydroxyl groups is 1. The Kier molecular flexibility index (Phi) is 2.65. The summed E-state index contributed by atoms with van der Waals surface area (Å²) in [5, 5.41) is 9.11. The number of likely N-dealkylation sites (tertiary alicyclic amines) is 1. The van der Waals surface area contributed by atoms with E-state index in [9.17, 15) is 4.79 Å². The van der Waals surface area contributed by atoms with Crippen molar-refractivity contribution in [1.29, 1.82) is 0 Å². The number of carbonyl (C=O) groups is 1. The lowest BCUT2D eigenvalue weighted by Crippen LogP contribution is -2.35. The zero-order valence-electron chi connectivity index (χ0n) is 10.3. The first kappa shape index (κ1) is 11.7. The number of carbonyl (C=O) groups excluding carboxylic acids is 1. The number of nitrogens with zero attached hydrogens (tertiary/aromatic N) is 1. The average Bonchev–Trinajstić information content (AvgIpc) is 2.62. The van der Waals surface area contributed by atoms with Crippen LogP contribution < -0.4 is 0 Å². The molecule has 0 aromatic carbocycles. The molecule has 2 fully saturated rings. The fourth-order valence-electron chi connectivity index (χ4n) is 2.57. The molecule has 4 heteroatoms. The zero-order valence-corrected chi connectivity index (χ0v) is 10.3. The Morgan fingerprint density at radius 3 is 2.75 bits per heavy atom. The van der Waals surface area contributed by atoms with E-state index in [0.29, 0.717) is 5.92 Å².